The maximum absolute atomic E-state index is 12.7. The fourth-order valence-corrected chi connectivity index (χ4v) is 3.43. The van der Waals surface area contributed by atoms with Crippen LogP contribution in [0.1, 0.15) is 18.4 Å². The van der Waals surface area contributed by atoms with E-state index in [2.05, 4.69) is 30.3 Å². The molecule has 0 aliphatic carbocycles. The number of benzene rings is 1. The van der Waals surface area contributed by atoms with Crippen molar-refractivity contribution < 1.29 is 9.72 Å². The molecular weight excluding hydrogens is 388 g/mol. The zero-order valence-corrected chi connectivity index (χ0v) is 16.3. The van der Waals surface area contributed by atoms with Gasteiger partial charge >= 0.3 is 0 Å². The lowest BCUT2D eigenvalue weighted by Gasteiger charge is -2.32. The van der Waals surface area contributed by atoms with Crippen molar-refractivity contribution in [1.29, 1.82) is 0 Å². The smallest absolute Gasteiger partial charge is 0.271 e. The third-order valence-electron chi connectivity index (χ3n) is 5.17. The third kappa shape index (κ3) is 4.09. The van der Waals surface area contributed by atoms with Crippen LogP contribution in [0.25, 0.3) is 5.82 Å². The second kappa shape index (κ2) is 8.23. The number of non-ortho nitro benzene ring substituents is 1. The summed E-state index contributed by atoms with van der Waals surface area (Å²) in [6.07, 6.45) is 5.80. The van der Waals surface area contributed by atoms with Gasteiger partial charge in [0.15, 0.2) is 5.82 Å². The Morgan fingerprint density at radius 2 is 1.93 bits per heavy atom. The molecule has 0 saturated carbocycles. The number of amides is 1. The first-order valence-electron chi connectivity index (χ1n) is 9.49. The SMILES string of the molecule is Cc1ccc([N+](=O)[O-])cc1NC(=O)C1CCN(c2cc(-n3cncn3)ncn2)CC1. The number of nitro groups is 1. The van der Waals surface area contributed by atoms with Gasteiger partial charge in [0.25, 0.3) is 5.69 Å². The maximum atomic E-state index is 12.7. The van der Waals surface area contributed by atoms with Crippen molar-refractivity contribution in [2.75, 3.05) is 23.3 Å². The minimum absolute atomic E-state index is 0.0438. The number of carbonyl (C=O) groups is 1. The first kappa shape index (κ1) is 19.4. The molecule has 0 bridgehead atoms. The highest BCUT2D eigenvalue weighted by Gasteiger charge is 2.26. The Morgan fingerprint density at radius 3 is 2.63 bits per heavy atom. The Bertz CT molecular complexity index is 1060. The topological polar surface area (TPSA) is 132 Å². The molecule has 0 radical (unpaired) electrons. The molecule has 1 fully saturated rings. The van der Waals surface area contributed by atoms with Crippen LogP contribution in [-0.2, 0) is 4.79 Å². The minimum Gasteiger partial charge on any atom is -0.356 e. The number of hydrogen-bond acceptors (Lipinski definition) is 8. The van der Waals surface area contributed by atoms with E-state index >= 15 is 0 Å². The molecule has 0 spiro atoms. The summed E-state index contributed by atoms with van der Waals surface area (Å²) in [6.45, 7) is 3.14. The molecule has 11 nitrogen and oxygen atoms in total. The van der Waals surface area contributed by atoms with Crippen molar-refractivity contribution in [1.82, 2.24) is 24.7 Å². The van der Waals surface area contributed by atoms with Crippen molar-refractivity contribution >= 4 is 23.1 Å². The van der Waals surface area contributed by atoms with E-state index in [1.807, 2.05) is 13.0 Å². The van der Waals surface area contributed by atoms with Gasteiger partial charge in [-0.25, -0.2) is 19.6 Å². The van der Waals surface area contributed by atoms with E-state index in [1.54, 1.807) is 17.1 Å². The summed E-state index contributed by atoms with van der Waals surface area (Å²) >= 11 is 0. The van der Waals surface area contributed by atoms with E-state index in [-0.39, 0.29) is 17.5 Å². The van der Waals surface area contributed by atoms with Crippen LogP contribution in [0.4, 0.5) is 17.2 Å². The van der Waals surface area contributed by atoms with Gasteiger partial charge in [-0.05, 0) is 25.3 Å². The van der Waals surface area contributed by atoms with Gasteiger partial charge in [0.05, 0.1) is 10.6 Å². The second-order valence-electron chi connectivity index (χ2n) is 7.08. The number of piperidine rings is 1. The zero-order valence-electron chi connectivity index (χ0n) is 16.3. The average Bonchev–Trinajstić information content (AvgIpc) is 3.30. The van der Waals surface area contributed by atoms with E-state index in [4.69, 9.17) is 0 Å². The maximum Gasteiger partial charge on any atom is 0.271 e. The van der Waals surface area contributed by atoms with Gasteiger partial charge in [0.2, 0.25) is 5.91 Å². The molecule has 1 N–H and O–H groups in total. The fourth-order valence-electron chi connectivity index (χ4n) is 3.43. The lowest BCUT2D eigenvalue weighted by molar-refractivity contribution is -0.384. The van der Waals surface area contributed by atoms with Crippen LogP contribution in [0, 0.1) is 23.0 Å². The summed E-state index contributed by atoms with van der Waals surface area (Å²) in [5, 5.41) is 17.9. The molecule has 30 heavy (non-hydrogen) atoms. The van der Waals surface area contributed by atoms with Gasteiger partial charge in [-0.15, -0.1) is 0 Å². The van der Waals surface area contributed by atoms with Crippen LogP contribution < -0.4 is 10.2 Å². The van der Waals surface area contributed by atoms with E-state index in [9.17, 15) is 14.9 Å². The van der Waals surface area contributed by atoms with E-state index < -0.39 is 4.92 Å². The number of aromatic nitrogens is 5. The number of nitro benzene ring substituents is 1. The summed E-state index contributed by atoms with van der Waals surface area (Å²) in [4.78, 5) is 37.8. The van der Waals surface area contributed by atoms with Crippen LogP contribution >= 0.6 is 0 Å². The molecule has 0 atom stereocenters. The Hall–Kier alpha value is -3.89. The average molecular weight is 408 g/mol. The lowest BCUT2D eigenvalue weighted by Crippen LogP contribution is -2.38. The van der Waals surface area contributed by atoms with Crippen LogP contribution in [0.3, 0.4) is 0 Å². The molecule has 2 aromatic heterocycles. The fraction of sp³-hybridized carbons (Fsp3) is 0.316. The van der Waals surface area contributed by atoms with Crippen LogP contribution in [-0.4, -0.2) is 48.7 Å². The summed E-state index contributed by atoms with van der Waals surface area (Å²) in [5.41, 5.74) is 1.22. The number of anilines is 2. The second-order valence-corrected chi connectivity index (χ2v) is 7.08. The van der Waals surface area contributed by atoms with Gasteiger partial charge < -0.3 is 10.2 Å². The summed E-state index contributed by atoms with van der Waals surface area (Å²) in [5.74, 6) is 1.10. The van der Waals surface area contributed by atoms with Crippen LogP contribution in [0.2, 0.25) is 0 Å². The molecule has 1 saturated heterocycles. The van der Waals surface area contributed by atoms with Gasteiger partial charge in [-0.2, -0.15) is 5.10 Å². The number of hydrogen-bond donors (Lipinski definition) is 1. The van der Waals surface area contributed by atoms with Gasteiger partial charge in [-0.3, -0.25) is 14.9 Å². The molecule has 1 aliphatic heterocycles. The van der Waals surface area contributed by atoms with Gasteiger partial charge in [-0.1, -0.05) is 6.07 Å². The molecule has 3 heterocycles. The van der Waals surface area contributed by atoms with Crippen molar-refractivity contribution in [3.8, 4) is 5.82 Å². The Balaban J connectivity index is 1.39. The highest BCUT2D eigenvalue weighted by molar-refractivity contribution is 5.93. The molecule has 154 valence electrons. The monoisotopic (exact) mass is 408 g/mol. The van der Waals surface area contributed by atoms with Crippen molar-refractivity contribution in [2.45, 2.75) is 19.8 Å². The molecule has 11 heteroatoms. The minimum atomic E-state index is -0.469. The predicted octanol–water partition coefficient (Wildman–Crippen LogP) is 2.13. The lowest BCUT2D eigenvalue weighted by atomic mass is 9.95. The predicted molar refractivity (Wildman–Crippen MR) is 108 cm³/mol. The molecular formula is C19H20N8O3. The standard InChI is InChI=1S/C19H20N8O3/c1-13-2-3-15(27(29)30)8-16(13)24-19(28)14-4-6-25(7-5-14)17-9-18(22-11-21-17)26-12-20-10-23-26/h2-3,8-12,14H,4-7H2,1H3,(H,24,28). The van der Waals surface area contributed by atoms with Crippen molar-refractivity contribution in [2.24, 2.45) is 5.92 Å². The quantitative estimate of drug-likeness (QED) is 0.501. The number of rotatable bonds is 5. The summed E-state index contributed by atoms with van der Waals surface area (Å²) < 4.78 is 1.56. The van der Waals surface area contributed by atoms with Crippen molar-refractivity contribution in [3.05, 3.63) is 58.9 Å². The Labute approximate surface area is 171 Å². The normalized spacial score (nSPS) is 14.5. The molecule has 1 aromatic carbocycles. The number of nitrogens with zero attached hydrogens (tertiary/aromatic N) is 7. The zero-order chi connectivity index (χ0) is 21.1. The van der Waals surface area contributed by atoms with Crippen molar-refractivity contribution in [3.63, 3.8) is 0 Å². The molecule has 1 aliphatic rings. The third-order valence-corrected chi connectivity index (χ3v) is 5.17. The largest absolute Gasteiger partial charge is 0.356 e. The van der Waals surface area contributed by atoms with Gasteiger partial charge in [0, 0.05) is 37.2 Å². The Morgan fingerprint density at radius 1 is 1.17 bits per heavy atom. The molecule has 1 amide bonds. The summed E-state index contributed by atoms with van der Waals surface area (Å²) in [6, 6.07) is 6.30. The molecule has 0 unspecified atom stereocenters. The van der Waals surface area contributed by atoms with E-state index in [0.717, 1.165) is 11.4 Å². The number of nitrogens with one attached hydrogen (secondary N) is 1. The van der Waals surface area contributed by atoms with E-state index in [0.29, 0.717) is 37.4 Å². The highest BCUT2D eigenvalue weighted by Crippen LogP contribution is 2.26. The summed E-state index contributed by atoms with van der Waals surface area (Å²) in [7, 11) is 0. The number of aryl methyl sites for hydroxylation is 1. The first-order chi connectivity index (χ1) is 14.5. The molecule has 3 aromatic rings. The highest BCUT2D eigenvalue weighted by atomic mass is 16.6. The molecule has 4 rings (SSSR count). The van der Waals surface area contributed by atoms with Crippen LogP contribution in [0.5, 0.6) is 0 Å². The van der Waals surface area contributed by atoms with E-state index in [1.165, 1.54) is 24.8 Å². The Kier molecular flexibility index (Phi) is 5.33. The van der Waals surface area contributed by atoms with Gasteiger partial charge in [0.1, 0.15) is 24.8 Å². The first-order valence-corrected chi connectivity index (χ1v) is 9.49. The van der Waals surface area contributed by atoms with Crippen LogP contribution in [0.15, 0.2) is 43.2 Å². The number of carbonyl (C=O) groups excluding carboxylic acids is 1.